The summed E-state index contributed by atoms with van der Waals surface area (Å²) in [4.78, 5) is 14.1. The third-order valence-corrected chi connectivity index (χ3v) is 5.05. The van der Waals surface area contributed by atoms with Crippen LogP contribution in [0, 0.1) is 0 Å². The summed E-state index contributed by atoms with van der Waals surface area (Å²) in [7, 11) is 3.92. The van der Waals surface area contributed by atoms with Crippen molar-refractivity contribution in [2.45, 2.75) is 24.6 Å². The van der Waals surface area contributed by atoms with Gasteiger partial charge in [0, 0.05) is 18.3 Å². The molecule has 20 heavy (non-hydrogen) atoms. The molecule has 2 heterocycles. The SMILES string of the molecule is CN(C)CCn1ncc(NCC2CCCS2)c(Cl)c1=O. The Hall–Kier alpha value is -0.720. The van der Waals surface area contributed by atoms with E-state index in [0.29, 0.717) is 17.5 Å². The van der Waals surface area contributed by atoms with E-state index in [4.69, 9.17) is 11.6 Å². The molecule has 0 spiro atoms. The lowest BCUT2D eigenvalue weighted by Gasteiger charge is -2.14. The second-order valence-electron chi connectivity index (χ2n) is 5.22. The maximum atomic E-state index is 12.1. The predicted octanol–water partition coefficient (Wildman–Crippen LogP) is 1.77. The van der Waals surface area contributed by atoms with Crippen molar-refractivity contribution in [1.29, 1.82) is 0 Å². The molecule has 2 rings (SSSR count). The fraction of sp³-hybridized carbons (Fsp3) is 0.692. The molecule has 0 radical (unpaired) electrons. The average molecular weight is 317 g/mol. The van der Waals surface area contributed by atoms with Crippen LogP contribution >= 0.6 is 23.4 Å². The van der Waals surface area contributed by atoms with Crippen LogP contribution in [0.2, 0.25) is 5.02 Å². The highest BCUT2D eigenvalue weighted by molar-refractivity contribution is 8.00. The molecule has 1 aromatic heterocycles. The number of likely N-dealkylation sites (N-methyl/N-ethyl adjacent to an activating group) is 1. The summed E-state index contributed by atoms with van der Waals surface area (Å²) < 4.78 is 1.41. The number of rotatable bonds is 6. The topological polar surface area (TPSA) is 50.2 Å². The van der Waals surface area contributed by atoms with Gasteiger partial charge in [0.15, 0.2) is 0 Å². The molecule has 0 aromatic carbocycles. The van der Waals surface area contributed by atoms with Crippen molar-refractivity contribution >= 4 is 29.1 Å². The van der Waals surface area contributed by atoms with Gasteiger partial charge in [-0.3, -0.25) is 4.79 Å². The second-order valence-corrected chi connectivity index (χ2v) is 7.01. The van der Waals surface area contributed by atoms with Crippen molar-refractivity contribution in [3.05, 3.63) is 21.6 Å². The third-order valence-electron chi connectivity index (χ3n) is 3.29. The molecule has 0 aliphatic carbocycles. The van der Waals surface area contributed by atoms with Crippen LogP contribution in [0.5, 0.6) is 0 Å². The molecule has 1 fully saturated rings. The lowest BCUT2D eigenvalue weighted by atomic mass is 10.2. The zero-order valence-corrected chi connectivity index (χ0v) is 13.5. The fourth-order valence-corrected chi connectivity index (χ4v) is 3.49. The lowest BCUT2D eigenvalue weighted by Crippen LogP contribution is -2.29. The Labute approximate surface area is 128 Å². The highest BCUT2D eigenvalue weighted by Crippen LogP contribution is 2.26. The Morgan fingerprint density at radius 1 is 1.60 bits per heavy atom. The van der Waals surface area contributed by atoms with E-state index >= 15 is 0 Å². The van der Waals surface area contributed by atoms with Crippen molar-refractivity contribution in [2.75, 3.05) is 38.3 Å². The number of aromatic nitrogens is 2. The first-order valence-electron chi connectivity index (χ1n) is 6.83. The van der Waals surface area contributed by atoms with Gasteiger partial charge in [0.05, 0.1) is 18.4 Å². The van der Waals surface area contributed by atoms with E-state index in [1.54, 1.807) is 6.20 Å². The van der Waals surface area contributed by atoms with Crippen LogP contribution in [0.15, 0.2) is 11.0 Å². The van der Waals surface area contributed by atoms with Gasteiger partial charge in [-0.15, -0.1) is 0 Å². The number of nitrogens with zero attached hydrogens (tertiary/aromatic N) is 3. The normalized spacial score (nSPS) is 18.7. The van der Waals surface area contributed by atoms with Gasteiger partial charge >= 0.3 is 0 Å². The number of halogens is 1. The summed E-state index contributed by atoms with van der Waals surface area (Å²) in [5.41, 5.74) is 0.419. The number of thioether (sulfide) groups is 1. The zero-order chi connectivity index (χ0) is 14.5. The van der Waals surface area contributed by atoms with Gasteiger partial charge < -0.3 is 10.2 Å². The summed E-state index contributed by atoms with van der Waals surface area (Å²) in [6, 6.07) is 0. The molecule has 1 N–H and O–H groups in total. The van der Waals surface area contributed by atoms with Gasteiger partial charge in [-0.25, -0.2) is 4.68 Å². The van der Waals surface area contributed by atoms with Crippen molar-refractivity contribution in [2.24, 2.45) is 0 Å². The Balaban J connectivity index is 2.00. The minimum Gasteiger partial charge on any atom is -0.381 e. The predicted molar refractivity (Wildman–Crippen MR) is 86.0 cm³/mol. The van der Waals surface area contributed by atoms with Crippen LogP contribution in [0.3, 0.4) is 0 Å². The average Bonchev–Trinajstić information content (AvgIpc) is 2.92. The Morgan fingerprint density at radius 2 is 2.40 bits per heavy atom. The van der Waals surface area contributed by atoms with E-state index in [2.05, 4.69) is 10.4 Å². The summed E-state index contributed by atoms with van der Waals surface area (Å²) in [6.07, 6.45) is 4.15. The first-order valence-corrected chi connectivity index (χ1v) is 8.26. The largest absolute Gasteiger partial charge is 0.381 e. The molecule has 0 saturated carbocycles. The second kappa shape index (κ2) is 7.33. The third kappa shape index (κ3) is 4.14. The van der Waals surface area contributed by atoms with E-state index in [1.165, 1.54) is 23.3 Å². The Kier molecular flexibility index (Phi) is 5.74. The van der Waals surface area contributed by atoms with Crippen LogP contribution in [0.25, 0.3) is 0 Å². The maximum Gasteiger partial charge on any atom is 0.287 e. The van der Waals surface area contributed by atoms with Crippen LogP contribution in [-0.2, 0) is 6.54 Å². The van der Waals surface area contributed by atoms with Gasteiger partial charge in [0.1, 0.15) is 5.02 Å². The summed E-state index contributed by atoms with van der Waals surface area (Å²) in [6.45, 7) is 2.15. The molecule has 0 amide bonds. The van der Waals surface area contributed by atoms with Gasteiger partial charge in [0.2, 0.25) is 0 Å². The van der Waals surface area contributed by atoms with Crippen molar-refractivity contribution in [1.82, 2.24) is 14.7 Å². The number of nitrogens with one attached hydrogen (secondary N) is 1. The van der Waals surface area contributed by atoms with Gasteiger partial charge in [-0.05, 0) is 32.7 Å². The van der Waals surface area contributed by atoms with Crippen LogP contribution in [-0.4, -0.2) is 52.9 Å². The van der Waals surface area contributed by atoms with Crippen molar-refractivity contribution < 1.29 is 0 Å². The fourth-order valence-electron chi connectivity index (χ4n) is 2.07. The minimum absolute atomic E-state index is 0.224. The molecule has 1 unspecified atom stereocenters. The van der Waals surface area contributed by atoms with Crippen molar-refractivity contribution in [3.8, 4) is 0 Å². The highest BCUT2D eigenvalue weighted by Gasteiger charge is 2.16. The van der Waals surface area contributed by atoms with Gasteiger partial charge in [0.25, 0.3) is 5.56 Å². The van der Waals surface area contributed by atoms with Gasteiger partial charge in [-0.1, -0.05) is 11.6 Å². The molecule has 1 aliphatic heterocycles. The summed E-state index contributed by atoms with van der Waals surface area (Å²) in [5.74, 6) is 1.23. The zero-order valence-electron chi connectivity index (χ0n) is 11.9. The standard InChI is InChI=1S/C13H21ClN4OS/c1-17(2)5-6-18-13(19)12(14)11(9-16-18)15-8-10-4-3-7-20-10/h9-10,15H,3-8H2,1-2H3. The van der Waals surface area contributed by atoms with E-state index in [-0.39, 0.29) is 10.6 Å². The maximum absolute atomic E-state index is 12.1. The first-order chi connectivity index (χ1) is 9.58. The van der Waals surface area contributed by atoms with E-state index < -0.39 is 0 Å². The molecular weight excluding hydrogens is 296 g/mol. The number of anilines is 1. The van der Waals surface area contributed by atoms with E-state index in [9.17, 15) is 4.79 Å². The van der Waals surface area contributed by atoms with Crippen molar-refractivity contribution in [3.63, 3.8) is 0 Å². The molecule has 0 bridgehead atoms. The van der Waals surface area contributed by atoms with Crippen LogP contribution in [0.4, 0.5) is 5.69 Å². The number of hydrogen-bond donors (Lipinski definition) is 1. The quantitative estimate of drug-likeness (QED) is 0.867. The monoisotopic (exact) mass is 316 g/mol. The molecule has 1 aliphatic rings. The van der Waals surface area contributed by atoms with E-state index in [0.717, 1.165) is 13.1 Å². The van der Waals surface area contributed by atoms with Crippen LogP contribution in [0.1, 0.15) is 12.8 Å². The Bertz CT molecular complexity index is 500. The first kappa shape index (κ1) is 15.7. The molecule has 5 nitrogen and oxygen atoms in total. The summed E-state index contributed by atoms with van der Waals surface area (Å²) >= 11 is 8.11. The molecular formula is C13H21ClN4OS. The van der Waals surface area contributed by atoms with E-state index in [1.807, 2.05) is 30.8 Å². The highest BCUT2D eigenvalue weighted by atomic mass is 35.5. The Morgan fingerprint density at radius 3 is 3.05 bits per heavy atom. The number of hydrogen-bond acceptors (Lipinski definition) is 5. The molecule has 1 aromatic rings. The smallest absolute Gasteiger partial charge is 0.287 e. The lowest BCUT2D eigenvalue weighted by molar-refractivity contribution is 0.367. The summed E-state index contributed by atoms with van der Waals surface area (Å²) in [5, 5.41) is 8.28. The molecule has 1 saturated heterocycles. The molecule has 1 atom stereocenters. The van der Waals surface area contributed by atoms with Crippen LogP contribution < -0.4 is 10.9 Å². The van der Waals surface area contributed by atoms with Gasteiger partial charge in [-0.2, -0.15) is 16.9 Å². The molecule has 7 heteroatoms. The minimum atomic E-state index is -0.224. The molecule has 112 valence electrons.